The Hall–Kier alpha value is -1.57. The molecule has 0 bridgehead atoms. The molecule has 0 aliphatic rings. The zero-order chi connectivity index (χ0) is 13.3. The number of nitrogen functional groups attached to an aromatic ring is 1. The number of aromatic nitrogens is 2. The van der Waals surface area contributed by atoms with Gasteiger partial charge in [-0.2, -0.15) is 18.2 Å². The summed E-state index contributed by atoms with van der Waals surface area (Å²) in [5.41, 5.74) is 5.83. The lowest BCUT2D eigenvalue weighted by molar-refractivity contribution is -0.153. The van der Waals surface area contributed by atoms with E-state index in [0.29, 0.717) is 15.4 Å². The van der Waals surface area contributed by atoms with E-state index in [-0.39, 0.29) is 11.8 Å². The standard InChI is InChI=1S/C10H7BrF3N3O/c11-5-1-2-7-6(3-5)8(17-9(15)16-7)18-4-10(12,13)14/h1-3H,4H2,(H2,15,16,17). The summed E-state index contributed by atoms with van der Waals surface area (Å²) in [5, 5.41) is 0.364. The van der Waals surface area contributed by atoms with Crippen LogP contribution in [0.4, 0.5) is 19.1 Å². The minimum Gasteiger partial charge on any atom is -0.467 e. The van der Waals surface area contributed by atoms with Gasteiger partial charge in [0.25, 0.3) is 0 Å². The lowest BCUT2D eigenvalue weighted by Gasteiger charge is -2.10. The normalized spacial score (nSPS) is 11.8. The fourth-order valence-electron chi connectivity index (χ4n) is 1.35. The number of anilines is 1. The van der Waals surface area contributed by atoms with Crippen LogP contribution in [0.5, 0.6) is 5.88 Å². The predicted octanol–water partition coefficient (Wildman–Crippen LogP) is 2.92. The average molecular weight is 322 g/mol. The monoisotopic (exact) mass is 321 g/mol. The van der Waals surface area contributed by atoms with Gasteiger partial charge in [0.2, 0.25) is 11.8 Å². The summed E-state index contributed by atoms with van der Waals surface area (Å²) in [4.78, 5) is 7.58. The number of benzene rings is 1. The number of nitrogens with zero attached hydrogens (tertiary/aromatic N) is 2. The SMILES string of the molecule is Nc1nc(OCC(F)(F)F)c2cc(Br)ccc2n1. The van der Waals surface area contributed by atoms with E-state index in [1.165, 1.54) is 0 Å². The maximum absolute atomic E-state index is 12.1. The van der Waals surface area contributed by atoms with Crippen molar-refractivity contribution in [2.75, 3.05) is 12.3 Å². The Balaban J connectivity index is 2.44. The van der Waals surface area contributed by atoms with E-state index in [1.807, 2.05) is 0 Å². The molecule has 4 nitrogen and oxygen atoms in total. The van der Waals surface area contributed by atoms with Crippen LogP contribution in [0.15, 0.2) is 22.7 Å². The van der Waals surface area contributed by atoms with Gasteiger partial charge in [-0.15, -0.1) is 0 Å². The van der Waals surface area contributed by atoms with Crippen LogP contribution >= 0.6 is 15.9 Å². The van der Waals surface area contributed by atoms with Crippen molar-refractivity contribution in [1.29, 1.82) is 0 Å². The molecule has 0 radical (unpaired) electrons. The molecule has 0 aliphatic heterocycles. The van der Waals surface area contributed by atoms with Gasteiger partial charge in [0.1, 0.15) is 0 Å². The molecular weight excluding hydrogens is 315 g/mol. The number of fused-ring (bicyclic) bond motifs is 1. The number of alkyl halides is 3. The molecule has 96 valence electrons. The van der Waals surface area contributed by atoms with Gasteiger partial charge in [0.15, 0.2) is 6.61 Å². The highest BCUT2D eigenvalue weighted by Crippen LogP contribution is 2.27. The Morgan fingerprint density at radius 3 is 2.67 bits per heavy atom. The third-order valence-electron chi connectivity index (χ3n) is 2.01. The molecule has 0 amide bonds. The summed E-state index contributed by atoms with van der Waals surface area (Å²) >= 11 is 3.21. The first-order valence-corrected chi connectivity index (χ1v) is 5.57. The molecule has 0 saturated carbocycles. The van der Waals surface area contributed by atoms with E-state index in [9.17, 15) is 13.2 Å². The van der Waals surface area contributed by atoms with Crippen molar-refractivity contribution in [2.45, 2.75) is 6.18 Å². The van der Waals surface area contributed by atoms with Crippen molar-refractivity contribution in [3.63, 3.8) is 0 Å². The first-order chi connectivity index (χ1) is 8.35. The van der Waals surface area contributed by atoms with Crippen LogP contribution in [-0.4, -0.2) is 22.8 Å². The third-order valence-corrected chi connectivity index (χ3v) is 2.51. The largest absolute Gasteiger partial charge is 0.467 e. The smallest absolute Gasteiger partial charge is 0.422 e. The topological polar surface area (TPSA) is 61.0 Å². The lowest BCUT2D eigenvalue weighted by atomic mass is 10.2. The third kappa shape index (κ3) is 3.00. The highest BCUT2D eigenvalue weighted by molar-refractivity contribution is 9.10. The minimum atomic E-state index is -4.43. The first kappa shape index (κ1) is 12.9. The van der Waals surface area contributed by atoms with Gasteiger partial charge in [-0.25, -0.2) is 4.98 Å². The zero-order valence-electron chi connectivity index (χ0n) is 8.83. The predicted molar refractivity (Wildman–Crippen MR) is 63.2 cm³/mol. The highest BCUT2D eigenvalue weighted by Gasteiger charge is 2.29. The van der Waals surface area contributed by atoms with E-state index in [2.05, 4.69) is 30.6 Å². The molecular formula is C10H7BrF3N3O. The van der Waals surface area contributed by atoms with Gasteiger partial charge in [-0.1, -0.05) is 15.9 Å². The summed E-state index contributed by atoms with van der Waals surface area (Å²) in [6.07, 6.45) is -4.43. The number of nitrogens with two attached hydrogens (primary N) is 1. The summed E-state index contributed by atoms with van der Waals surface area (Å²) in [5.74, 6) is -0.321. The van der Waals surface area contributed by atoms with Gasteiger partial charge >= 0.3 is 6.18 Å². The van der Waals surface area contributed by atoms with Crippen LogP contribution in [-0.2, 0) is 0 Å². The Bertz CT molecular complexity index is 588. The van der Waals surface area contributed by atoms with Gasteiger partial charge in [-0.3, -0.25) is 0 Å². The number of ether oxygens (including phenoxy) is 1. The van der Waals surface area contributed by atoms with Crippen LogP contribution in [0.1, 0.15) is 0 Å². The van der Waals surface area contributed by atoms with Crippen molar-refractivity contribution in [1.82, 2.24) is 9.97 Å². The second-order valence-corrected chi connectivity index (χ2v) is 4.37. The van der Waals surface area contributed by atoms with Crippen molar-refractivity contribution < 1.29 is 17.9 Å². The lowest BCUT2D eigenvalue weighted by Crippen LogP contribution is -2.20. The molecule has 8 heteroatoms. The van der Waals surface area contributed by atoms with Crippen molar-refractivity contribution >= 4 is 32.8 Å². The number of rotatable bonds is 2. The molecule has 0 spiro atoms. The van der Waals surface area contributed by atoms with Crippen LogP contribution in [0.2, 0.25) is 0 Å². The zero-order valence-corrected chi connectivity index (χ0v) is 10.4. The Labute approximate surface area is 108 Å². The molecule has 2 N–H and O–H groups in total. The van der Waals surface area contributed by atoms with Gasteiger partial charge < -0.3 is 10.5 Å². The summed E-state index contributed by atoms with van der Waals surface area (Å²) in [6.45, 7) is -1.43. The number of hydrogen-bond donors (Lipinski definition) is 1. The average Bonchev–Trinajstić information content (AvgIpc) is 2.25. The fourth-order valence-corrected chi connectivity index (χ4v) is 1.71. The maximum atomic E-state index is 12.1. The van der Waals surface area contributed by atoms with Crippen LogP contribution in [0, 0.1) is 0 Å². The summed E-state index contributed by atoms with van der Waals surface area (Å²) < 4.78 is 41.7. The molecule has 18 heavy (non-hydrogen) atoms. The summed E-state index contributed by atoms with van der Waals surface area (Å²) in [6, 6.07) is 4.88. The van der Waals surface area contributed by atoms with Crippen molar-refractivity contribution in [3.8, 4) is 5.88 Å². The molecule has 1 heterocycles. The second kappa shape index (κ2) is 4.60. The number of halogens is 4. The number of hydrogen-bond acceptors (Lipinski definition) is 4. The molecule has 1 aromatic carbocycles. The van der Waals surface area contributed by atoms with Gasteiger partial charge in [-0.05, 0) is 18.2 Å². The van der Waals surface area contributed by atoms with Crippen LogP contribution in [0.25, 0.3) is 10.9 Å². The van der Waals surface area contributed by atoms with Crippen molar-refractivity contribution in [2.24, 2.45) is 0 Å². The molecule has 0 fully saturated rings. The molecule has 0 atom stereocenters. The maximum Gasteiger partial charge on any atom is 0.422 e. The first-order valence-electron chi connectivity index (χ1n) is 4.77. The Kier molecular flexibility index (Phi) is 3.29. The van der Waals surface area contributed by atoms with E-state index in [0.717, 1.165) is 0 Å². The molecule has 2 aromatic rings. The molecule has 1 aromatic heterocycles. The Morgan fingerprint density at radius 1 is 1.28 bits per heavy atom. The highest BCUT2D eigenvalue weighted by atomic mass is 79.9. The molecule has 2 rings (SSSR count). The molecule has 0 aliphatic carbocycles. The fraction of sp³-hybridized carbons (Fsp3) is 0.200. The Morgan fingerprint density at radius 2 is 2.00 bits per heavy atom. The summed E-state index contributed by atoms with van der Waals surface area (Å²) in [7, 11) is 0. The molecule has 0 saturated heterocycles. The van der Waals surface area contributed by atoms with Crippen LogP contribution in [0.3, 0.4) is 0 Å². The van der Waals surface area contributed by atoms with Gasteiger partial charge in [0.05, 0.1) is 10.9 Å². The quantitative estimate of drug-likeness (QED) is 0.923. The minimum absolute atomic E-state index is 0.137. The van der Waals surface area contributed by atoms with E-state index >= 15 is 0 Å². The van der Waals surface area contributed by atoms with Crippen molar-refractivity contribution in [3.05, 3.63) is 22.7 Å². The van der Waals surface area contributed by atoms with E-state index < -0.39 is 12.8 Å². The van der Waals surface area contributed by atoms with E-state index in [1.54, 1.807) is 18.2 Å². The van der Waals surface area contributed by atoms with Crippen LogP contribution < -0.4 is 10.5 Å². The molecule has 0 unspecified atom stereocenters. The van der Waals surface area contributed by atoms with Gasteiger partial charge in [0, 0.05) is 4.47 Å². The second-order valence-electron chi connectivity index (χ2n) is 3.45. The van der Waals surface area contributed by atoms with E-state index in [4.69, 9.17) is 5.73 Å².